The monoisotopic (exact) mass is 375 g/mol. The molecule has 4 rings (SSSR count). The average Bonchev–Trinajstić information content (AvgIpc) is 2.73. The van der Waals surface area contributed by atoms with Crippen LogP contribution in [0.2, 0.25) is 0 Å². The van der Waals surface area contributed by atoms with E-state index < -0.39 is 0 Å². The molecule has 1 aliphatic heterocycles. The van der Waals surface area contributed by atoms with Gasteiger partial charge in [-0.15, -0.1) is 0 Å². The van der Waals surface area contributed by atoms with Crippen LogP contribution in [0.3, 0.4) is 0 Å². The third-order valence-electron chi connectivity index (χ3n) is 5.00. The van der Waals surface area contributed by atoms with Crippen LogP contribution in [0.1, 0.15) is 30.2 Å². The van der Waals surface area contributed by atoms with Crippen molar-refractivity contribution in [2.45, 2.75) is 32.9 Å². The van der Waals surface area contributed by atoms with Gasteiger partial charge in [0.1, 0.15) is 11.6 Å². The molecule has 144 valence electrons. The first-order valence-electron chi connectivity index (χ1n) is 9.85. The molecule has 5 nitrogen and oxygen atoms in total. The van der Waals surface area contributed by atoms with Crippen LogP contribution in [-0.2, 0) is 19.5 Å². The molecule has 0 atom stereocenters. The van der Waals surface area contributed by atoms with Gasteiger partial charge in [0.25, 0.3) is 5.56 Å². The molecule has 28 heavy (non-hydrogen) atoms. The Morgan fingerprint density at radius 1 is 1.11 bits per heavy atom. The number of ether oxygens (including phenoxy) is 1. The van der Waals surface area contributed by atoms with Gasteiger partial charge in [-0.2, -0.15) is 0 Å². The van der Waals surface area contributed by atoms with Crippen LogP contribution in [0.15, 0.2) is 59.4 Å². The van der Waals surface area contributed by atoms with Crippen LogP contribution in [-0.4, -0.2) is 28.0 Å². The topological polar surface area (TPSA) is 58.2 Å². The van der Waals surface area contributed by atoms with Crippen molar-refractivity contribution in [3.8, 4) is 17.1 Å². The Balaban J connectivity index is 1.59. The predicted octanol–water partition coefficient (Wildman–Crippen LogP) is 3.78. The highest BCUT2D eigenvalue weighted by Gasteiger charge is 2.22. The van der Waals surface area contributed by atoms with Gasteiger partial charge in [0.2, 0.25) is 0 Å². The summed E-state index contributed by atoms with van der Waals surface area (Å²) in [6.07, 6.45) is 1.71. The highest BCUT2D eigenvalue weighted by molar-refractivity contribution is 5.64. The molecule has 0 bridgehead atoms. The first-order valence-corrected chi connectivity index (χ1v) is 9.85. The minimum atomic E-state index is -0.0527. The minimum Gasteiger partial charge on any atom is -0.493 e. The number of fused-ring (bicyclic) bond motifs is 1. The van der Waals surface area contributed by atoms with Gasteiger partial charge < -0.3 is 9.72 Å². The largest absolute Gasteiger partial charge is 0.493 e. The lowest BCUT2D eigenvalue weighted by molar-refractivity contribution is 0.242. The molecule has 0 spiro atoms. The lowest BCUT2D eigenvalue weighted by Gasteiger charge is -2.27. The number of nitrogens with one attached hydrogen (secondary N) is 1. The van der Waals surface area contributed by atoms with Gasteiger partial charge in [-0.05, 0) is 24.1 Å². The maximum atomic E-state index is 12.8. The van der Waals surface area contributed by atoms with Crippen LogP contribution in [0.4, 0.5) is 0 Å². The number of hydrogen-bond donors (Lipinski definition) is 1. The van der Waals surface area contributed by atoms with Gasteiger partial charge in [0, 0.05) is 26.1 Å². The van der Waals surface area contributed by atoms with Crippen molar-refractivity contribution in [3.63, 3.8) is 0 Å². The van der Waals surface area contributed by atoms with E-state index in [4.69, 9.17) is 9.72 Å². The summed E-state index contributed by atoms with van der Waals surface area (Å²) < 4.78 is 5.84. The number of rotatable bonds is 6. The Kier molecular flexibility index (Phi) is 5.53. The fourth-order valence-electron chi connectivity index (χ4n) is 3.59. The van der Waals surface area contributed by atoms with Gasteiger partial charge >= 0.3 is 0 Å². The number of aromatic amines is 1. The zero-order valence-corrected chi connectivity index (χ0v) is 16.1. The van der Waals surface area contributed by atoms with E-state index in [0.717, 1.165) is 48.5 Å². The molecule has 0 unspecified atom stereocenters. The Hall–Kier alpha value is -2.92. The van der Waals surface area contributed by atoms with Gasteiger partial charge in [0.15, 0.2) is 0 Å². The predicted molar refractivity (Wildman–Crippen MR) is 110 cm³/mol. The van der Waals surface area contributed by atoms with Crippen molar-refractivity contribution in [2.75, 3.05) is 13.2 Å². The summed E-state index contributed by atoms with van der Waals surface area (Å²) in [5.41, 5.74) is 3.71. The van der Waals surface area contributed by atoms with Gasteiger partial charge in [-0.3, -0.25) is 9.69 Å². The second-order valence-corrected chi connectivity index (χ2v) is 7.13. The second kappa shape index (κ2) is 8.40. The number of nitrogens with zero attached hydrogens (tertiary/aromatic N) is 2. The third kappa shape index (κ3) is 3.99. The maximum absolute atomic E-state index is 12.8. The molecule has 1 N–H and O–H groups in total. The minimum absolute atomic E-state index is 0.0527. The van der Waals surface area contributed by atoms with Gasteiger partial charge in [-0.1, -0.05) is 49.4 Å². The highest BCUT2D eigenvalue weighted by atomic mass is 16.5. The summed E-state index contributed by atoms with van der Waals surface area (Å²) in [7, 11) is 0. The van der Waals surface area contributed by atoms with Crippen molar-refractivity contribution in [3.05, 3.63) is 81.8 Å². The van der Waals surface area contributed by atoms with Crippen LogP contribution in [0, 0.1) is 0 Å². The number of benzene rings is 2. The number of para-hydroxylation sites is 1. The van der Waals surface area contributed by atoms with Crippen LogP contribution >= 0.6 is 0 Å². The molecule has 0 fully saturated rings. The van der Waals surface area contributed by atoms with Crippen molar-refractivity contribution in [1.82, 2.24) is 14.9 Å². The first-order chi connectivity index (χ1) is 13.7. The standard InChI is InChI=1S/C23H25N3O2/c1-2-14-28-21-11-7-6-10-18(21)22-24-20-12-13-26(16-19(20)23(27)25-22)15-17-8-4-3-5-9-17/h3-11H,2,12-16H2,1H3,(H,24,25,27). The van der Waals surface area contributed by atoms with E-state index in [2.05, 4.69) is 28.9 Å². The summed E-state index contributed by atoms with van der Waals surface area (Å²) in [5.74, 6) is 1.35. The van der Waals surface area contributed by atoms with E-state index >= 15 is 0 Å². The van der Waals surface area contributed by atoms with Crippen molar-refractivity contribution in [1.29, 1.82) is 0 Å². The van der Waals surface area contributed by atoms with E-state index in [0.29, 0.717) is 19.0 Å². The zero-order valence-electron chi connectivity index (χ0n) is 16.1. The van der Waals surface area contributed by atoms with E-state index in [9.17, 15) is 4.79 Å². The Morgan fingerprint density at radius 3 is 2.71 bits per heavy atom. The molecule has 1 aromatic heterocycles. The summed E-state index contributed by atoms with van der Waals surface area (Å²) in [4.78, 5) is 22.9. The number of hydrogen-bond acceptors (Lipinski definition) is 4. The molecule has 2 aromatic carbocycles. The molecule has 0 saturated heterocycles. The molecule has 0 saturated carbocycles. The number of aromatic nitrogens is 2. The molecule has 0 aliphatic carbocycles. The first kappa shape index (κ1) is 18.4. The molecule has 1 aliphatic rings. The average molecular weight is 375 g/mol. The quantitative estimate of drug-likeness (QED) is 0.712. The van der Waals surface area contributed by atoms with E-state index in [-0.39, 0.29) is 5.56 Å². The Morgan fingerprint density at radius 2 is 1.89 bits per heavy atom. The fraction of sp³-hybridized carbons (Fsp3) is 0.304. The second-order valence-electron chi connectivity index (χ2n) is 7.13. The van der Waals surface area contributed by atoms with Crippen LogP contribution in [0.5, 0.6) is 5.75 Å². The molecule has 0 radical (unpaired) electrons. The summed E-state index contributed by atoms with van der Waals surface area (Å²) in [6, 6.07) is 18.1. The number of H-pyrrole nitrogens is 1. The van der Waals surface area contributed by atoms with E-state index in [1.807, 2.05) is 42.5 Å². The maximum Gasteiger partial charge on any atom is 0.255 e. The van der Waals surface area contributed by atoms with Gasteiger partial charge in [-0.25, -0.2) is 4.98 Å². The summed E-state index contributed by atoms with van der Waals surface area (Å²) in [6.45, 7) is 5.07. The van der Waals surface area contributed by atoms with Crippen LogP contribution < -0.4 is 10.3 Å². The fourth-order valence-corrected chi connectivity index (χ4v) is 3.59. The Bertz CT molecular complexity index is 998. The lowest BCUT2D eigenvalue weighted by atomic mass is 10.1. The molecule has 0 amide bonds. The molecular weight excluding hydrogens is 350 g/mol. The highest BCUT2D eigenvalue weighted by Crippen LogP contribution is 2.28. The summed E-state index contributed by atoms with van der Waals surface area (Å²) >= 11 is 0. The normalized spacial score (nSPS) is 13.9. The van der Waals surface area contributed by atoms with Gasteiger partial charge in [0.05, 0.1) is 23.4 Å². The van der Waals surface area contributed by atoms with Crippen molar-refractivity contribution < 1.29 is 4.74 Å². The van der Waals surface area contributed by atoms with Crippen molar-refractivity contribution >= 4 is 0 Å². The molecular formula is C23H25N3O2. The summed E-state index contributed by atoms with van der Waals surface area (Å²) in [5, 5.41) is 0. The SMILES string of the molecule is CCCOc1ccccc1-c1nc2c(c(=O)[nH]1)CN(Cc1ccccc1)CC2. The lowest BCUT2D eigenvalue weighted by Crippen LogP contribution is -2.35. The van der Waals surface area contributed by atoms with E-state index in [1.165, 1.54) is 5.56 Å². The van der Waals surface area contributed by atoms with E-state index in [1.54, 1.807) is 0 Å². The zero-order chi connectivity index (χ0) is 19.3. The van der Waals surface area contributed by atoms with Crippen LogP contribution in [0.25, 0.3) is 11.4 Å². The third-order valence-corrected chi connectivity index (χ3v) is 5.00. The van der Waals surface area contributed by atoms with Crippen molar-refractivity contribution in [2.24, 2.45) is 0 Å². The Labute approximate surface area is 165 Å². The molecule has 2 heterocycles. The molecule has 3 aromatic rings. The molecule has 5 heteroatoms. The smallest absolute Gasteiger partial charge is 0.255 e.